The molecule has 1 atom stereocenters. The van der Waals surface area contributed by atoms with Crippen LogP contribution in [0.3, 0.4) is 0 Å². The number of hydrogen-bond donors (Lipinski definition) is 2. The molecule has 2 N–H and O–H groups in total. The molecular weight excluding hydrogens is 356 g/mol. The number of nitrogens with zero attached hydrogens (tertiary/aromatic N) is 2. The number of aromatic nitrogens is 3. The lowest BCUT2D eigenvalue weighted by atomic mass is 10.2. The smallest absolute Gasteiger partial charge is 0.240 e. The highest BCUT2D eigenvalue weighted by Gasteiger charge is 2.18. The molecule has 4 aromatic rings. The Labute approximate surface area is 162 Å². The number of amides is 1. The quantitative estimate of drug-likeness (QED) is 0.508. The summed E-state index contributed by atoms with van der Waals surface area (Å²) in [6, 6.07) is 17.9. The van der Waals surface area contributed by atoms with Crippen LogP contribution in [0.1, 0.15) is 18.3 Å². The summed E-state index contributed by atoms with van der Waals surface area (Å²) in [5, 5.41) is 4.31. The Bertz CT molecular complexity index is 1040. The van der Waals surface area contributed by atoms with Crippen molar-refractivity contribution < 1.29 is 4.79 Å². The zero-order valence-corrected chi connectivity index (χ0v) is 16.0. The van der Waals surface area contributed by atoms with Crippen LogP contribution < -0.4 is 5.32 Å². The van der Waals surface area contributed by atoms with Gasteiger partial charge in [-0.2, -0.15) is 11.8 Å². The van der Waals surface area contributed by atoms with Crippen molar-refractivity contribution in [2.75, 3.05) is 12.0 Å². The molecule has 27 heavy (non-hydrogen) atoms. The zero-order valence-electron chi connectivity index (χ0n) is 15.2. The molecule has 2 aromatic carbocycles. The number of aromatic amines is 1. The van der Waals surface area contributed by atoms with Gasteiger partial charge in [-0.25, -0.2) is 4.98 Å². The minimum Gasteiger partial charge on any atom is -0.345 e. The van der Waals surface area contributed by atoms with Gasteiger partial charge in [-0.15, -0.1) is 0 Å². The van der Waals surface area contributed by atoms with Crippen molar-refractivity contribution in [2.45, 2.75) is 19.0 Å². The third-order valence-corrected chi connectivity index (χ3v) is 5.32. The molecule has 0 spiro atoms. The number of imidazole rings is 1. The number of carbonyl (C=O) groups excluding carboxylic acids is 1. The molecule has 0 saturated carbocycles. The average molecular weight is 379 g/mol. The van der Waals surface area contributed by atoms with Crippen molar-refractivity contribution in [2.24, 2.45) is 0 Å². The SMILES string of the molecule is CSCC[C@H](NC(=O)Cn1ccc2ccccc21)c1nc2ccccc2[nH]1. The summed E-state index contributed by atoms with van der Waals surface area (Å²) < 4.78 is 1.98. The number of thioether (sulfide) groups is 1. The number of nitrogens with one attached hydrogen (secondary N) is 2. The van der Waals surface area contributed by atoms with E-state index in [2.05, 4.69) is 27.6 Å². The first-order chi connectivity index (χ1) is 13.2. The fourth-order valence-electron chi connectivity index (χ4n) is 3.32. The maximum absolute atomic E-state index is 12.7. The predicted octanol–water partition coefficient (Wildman–Crippen LogP) is 4.13. The van der Waals surface area contributed by atoms with Crippen molar-refractivity contribution in [3.8, 4) is 0 Å². The van der Waals surface area contributed by atoms with E-state index in [1.165, 1.54) is 0 Å². The number of benzene rings is 2. The summed E-state index contributed by atoms with van der Waals surface area (Å²) in [6.07, 6.45) is 4.87. The topological polar surface area (TPSA) is 62.7 Å². The van der Waals surface area contributed by atoms with Crippen LogP contribution >= 0.6 is 11.8 Å². The summed E-state index contributed by atoms with van der Waals surface area (Å²) in [6.45, 7) is 0.295. The molecule has 2 heterocycles. The molecule has 0 aliphatic rings. The van der Waals surface area contributed by atoms with Gasteiger partial charge in [0.05, 0.1) is 17.1 Å². The van der Waals surface area contributed by atoms with Crippen LogP contribution in [0.25, 0.3) is 21.9 Å². The van der Waals surface area contributed by atoms with E-state index in [9.17, 15) is 4.79 Å². The monoisotopic (exact) mass is 378 g/mol. The Balaban J connectivity index is 1.53. The number of H-pyrrole nitrogens is 1. The molecule has 1 amide bonds. The molecule has 5 nitrogen and oxygen atoms in total. The van der Waals surface area contributed by atoms with Crippen molar-refractivity contribution in [1.82, 2.24) is 19.9 Å². The third-order valence-electron chi connectivity index (χ3n) is 4.68. The van der Waals surface area contributed by atoms with Crippen molar-refractivity contribution in [1.29, 1.82) is 0 Å². The van der Waals surface area contributed by atoms with Gasteiger partial charge in [-0.05, 0) is 48.1 Å². The number of para-hydroxylation sites is 3. The summed E-state index contributed by atoms with van der Waals surface area (Å²) in [4.78, 5) is 20.8. The highest BCUT2D eigenvalue weighted by Crippen LogP contribution is 2.20. The van der Waals surface area contributed by atoms with E-state index in [0.29, 0.717) is 6.54 Å². The van der Waals surface area contributed by atoms with Gasteiger partial charge < -0.3 is 14.9 Å². The number of fused-ring (bicyclic) bond motifs is 2. The molecular formula is C21H22N4OS. The van der Waals surface area contributed by atoms with Crippen molar-refractivity contribution in [3.63, 3.8) is 0 Å². The molecule has 0 bridgehead atoms. The van der Waals surface area contributed by atoms with E-state index in [4.69, 9.17) is 0 Å². The highest BCUT2D eigenvalue weighted by atomic mass is 32.2. The predicted molar refractivity (Wildman–Crippen MR) is 112 cm³/mol. The first-order valence-electron chi connectivity index (χ1n) is 9.01. The van der Waals surface area contributed by atoms with Crippen LogP contribution in [0.5, 0.6) is 0 Å². The van der Waals surface area contributed by atoms with Gasteiger partial charge in [-0.3, -0.25) is 4.79 Å². The fourth-order valence-corrected chi connectivity index (χ4v) is 3.80. The first-order valence-corrected chi connectivity index (χ1v) is 10.4. The largest absolute Gasteiger partial charge is 0.345 e. The Kier molecular flexibility index (Phi) is 5.16. The molecule has 0 saturated heterocycles. The van der Waals surface area contributed by atoms with Gasteiger partial charge in [0, 0.05) is 11.7 Å². The van der Waals surface area contributed by atoms with Crippen LogP contribution in [0.4, 0.5) is 0 Å². The number of carbonyl (C=O) groups is 1. The molecule has 0 unspecified atom stereocenters. The lowest BCUT2D eigenvalue weighted by Crippen LogP contribution is -2.32. The second kappa shape index (κ2) is 7.88. The Morgan fingerprint density at radius 1 is 1.19 bits per heavy atom. The summed E-state index contributed by atoms with van der Waals surface area (Å²) in [5.74, 6) is 1.76. The van der Waals surface area contributed by atoms with Crippen LogP contribution in [-0.4, -0.2) is 32.5 Å². The zero-order chi connectivity index (χ0) is 18.6. The van der Waals surface area contributed by atoms with E-state index >= 15 is 0 Å². The maximum Gasteiger partial charge on any atom is 0.240 e. The van der Waals surface area contributed by atoms with E-state index in [1.54, 1.807) is 11.8 Å². The highest BCUT2D eigenvalue weighted by molar-refractivity contribution is 7.98. The first kappa shape index (κ1) is 17.7. The molecule has 0 radical (unpaired) electrons. The van der Waals surface area contributed by atoms with Crippen LogP contribution in [0.2, 0.25) is 0 Å². The molecule has 138 valence electrons. The van der Waals surface area contributed by atoms with E-state index in [0.717, 1.165) is 39.9 Å². The molecule has 0 aliphatic carbocycles. The van der Waals surface area contributed by atoms with Gasteiger partial charge in [0.2, 0.25) is 5.91 Å². The van der Waals surface area contributed by atoms with Crippen LogP contribution in [-0.2, 0) is 11.3 Å². The standard InChI is InChI=1S/C21H22N4OS/c1-27-13-11-18(21-23-16-7-3-4-8-17(16)24-21)22-20(26)14-25-12-10-15-6-2-5-9-19(15)25/h2-10,12,18H,11,13-14H2,1H3,(H,22,26)(H,23,24)/t18-/m0/s1. The molecule has 0 fully saturated rings. The van der Waals surface area contributed by atoms with Gasteiger partial charge in [0.1, 0.15) is 12.4 Å². The number of hydrogen-bond acceptors (Lipinski definition) is 3. The Morgan fingerprint density at radius 3 is 2.85 bits per heavy atom. The lowest BCUT2D eigenvalue weighted by molar-refractivity contribution is -0.122. The maximum atomic E-state index is 12.7. The van der Waals surface area contributed by atoms with Gasteiger partial charge in [-0.1, -0.05) is 30.3 Å². The van der Waals surface area contributed by atoms with Crippen molar-refractivity contribution in [3.05, 3.63) is 66.6 Å². The van der Waals surface area contributed by atoms with E-state index in [1.807, 2.05) is 59.3 Å². The van der Waals surface area contributed by atoms with Crippen LogP contribution in [0.15, 0.2) is 60.8 Å². The van der Waals surface area contributed by atoms with Crippen molar-refractivity contribution >= 4 is 39.6 Å². The van der Waals surface area contributed by atoms with Gasteiger partial charge in [0.25, 0.3) is 0 Å². The molecule has 6 heteroatoms. The van der Waals surface area contributed by atoms with Gasteiger partial charge >= 0.3 is 0 Å². The molecule has 0 aliphatic heterocycles. The lowest BCUT2D eigenvalue weighted by Gasteiger charge is -2.17. The Morgan fingerprint density at radius 2 is 2.00 bits per heavy atom. The van der Waals surface area contributed by atoms with E-state index < -0.39 is 0 Å². The fraction of sp³-hybridized carbons (Fsp3) is 0.238. The van der Waals surface area contributed by atoms with E-state index in [-0.39, 0.29) is 11.9 Å². The average Bonchev–Trinajstić information content (AvgIpc) is 3.29. The number of rotatable bonds is 7. The normalized spacial score (nSPS) is 12.5. The molecule has 4 rings (SSSR count). The summed E-state index contributed by atoms with van der Waals surface area (Å²) in [7, 11) is 0. The van der Waals surface area contributed by atoms with Crippen LogP contribution in [0, 0.1) is 0 Å². The third kappa shape index (κ3) is 3.85. The minimum absolute atomic E-state index is 0.0112. The molecule has 2 aromatic heterocycles. The second-order valence-corrected chi connectivity index (χ2v) is 7.53. The Hall–Kier alpha value is -2.73. The summed E-state index contributed by atoms with van der Waals surface area (Å²) >= 11 is 1.77. The second-order valence-electron chi connectivity index (χ2n) is 6.54. The van der Waals surface area contributed by atoms with Gasteiger partial charge in [0.15, 0.2) is 0 Å². The minimum atomic E-state index is -0.126. The summed E-state index contributed by atoms with van der Waals surface area (Å²) in [5.41, 5.74) is 2.98.